The van der Waals surface area contributed by atoms with Gasteiger partial charge in [0.1, 0.15) is 5.75 Å². The van der Waals surface area contributed by atoms with Crippen molar-refractivity contribution in [1.82, 2.24) is 14.2 Å². The van der Waals surface area contributed by atoms with Gasteiger partial charge in [0, 0.05) is 63.3 Å². The second kappa shape index (κ2) is 9.37. The van der Waals surface area contributed by atoms with Crippen LogP contribution in [-0.4, -0.2) is 63.6 Å². The van der Waals surface area contributed by atoms with Crippen LogP contribution in [0.25, 0.3) is 0 Å². The second-order valence-corrected chi connectivity index (χ2v) is 8.45. The van der Waals surface area contributed by atoms with Crippen LogP contribution in [0.2, 0.25) is 0 Å². The highest BCUT2D eigenvalue weighted by Crippen LogP contribution is 2.25. The maximum atomic E-state index is 12.9. The third-order valence-electron chi connectivity index (χ3n) is 5.54. The van der Waals surface area contributed by atoms with E-state index in [0.717, 1.165) is 25.9 Å². The molecule has 1 aromatic heterocycles. The molecule has 7 nitrogen and oxygen atoms in total. The lowest BCUT2D eigenvalue weighted by molar-refractivity contribution is -0.137. The Morgan fingerprint density at radius 2 is 1.59 bits per heavy atom. The number of carbonyl (C=O) groups excluding carboxylic acids is 1. The predicted octanol–water partition coefficient (Wildman–Crippen LogP) is 2.10. The number of pyridine rings is 1. The first kappa shape index (κ1) is 19.8. The van der Waals surface area contributed by atoms with Gasteiger partial charge in [-0.15, -0.1) is 0 Å². The zero-order chi connectivity index (χ0) is 20.1. The first-order chi connectivity index (χ1) is 14.2. The highest BCUT2D eigenvalue weighted by molar-refractivity contribution is 7.78. The molecule has 154 valence electrons. The molecule has 0 N–H and O–H groups in total. The van der Waals surface area contributed by atoms with E-state index in [1.165, 1.54) is 5.69 Å². The molecule has 4 rings (SSSR count). The van der Waals surface area contributed by atoms with Crippen molar-refractivity contribution < 1.29 is 13.2 Å². The quantitative estimate of drug-likeness (QED) is 0.750. The van der Waals surface area contributed by atoms with Crippen molar-refractivity contribution in [3.8, 4) is 5.75 Å². The van der Waals surface area contributed by atoms with Crippen molar-refractivity contribution in [2.24, 2.45) is 5.92 Å². The van der Waals surface area contributed by atoms with Gasteiger partial charge in [-0.05, 0) is 37.1 Å². The number of anilines is 1. The fourth-order valence-corrected chi connectivity index (χ4v) is 4.71. The van der Waals surface area contributed by atoms with Crippen LogP contribution >= 0.6 is 0 Å². The number of para-hydroxylation sites is 1. The third kappa shape index (κ3) is 4.94. The molecule has 2 aliphatic rings. The molecule has 3 heterocycles. The topological polar surface area (TPSA) is 66.0 Å². The SMILES string of the molecule is O=C(C1CCN(c2ccncc2)CC1)N1CCN(S(=O)Oc2ccccc2)CC1. The Labute approximate surface area is 174 Å². The summed E-state index contributed by atoms with van der Waals surface area (Å²) in [6.07, 6.45) is 5.34. The summed E-state index contributed by atoms with van der Waals surface area (Å²) in [6.45, 7) is 4.06. The molecule has 2 aromatic rings. The van der Waals surface area contributed by atoms with Crippen molar-refractivity contribution in [1.29, 1.82) is 0 Å². The molecule has 0 aliphatic carbocycles. The number of piperazine rings is 1. The lowest BCUT2D eigenvalue weighted by Gasteiger charge is -2.38. The molecule has 1 atom stereocenters. The smallest absolute Gasteiger partial charge is 0.290 e. The summed E-state index contributed by atoms with van der Waals surface area (Å²) >= 11 is -1.53. The Hall–Kier alpha value is -2.45. The van der Waals surface area contributed by atoms with E-state index in [4.69, 9.17) is 4.18 Å². The molecule has 2 fully saturated rings. The molecule has 0 radical (unpaired) electrons. The van der Waals surface area contributed by atoms with Crippen LogP contribution in [0.5, 0.6) is 5.75 Å². The molecule has 29 heavy (non-hydrogen) atoms. The van der Waals surface area contributed by atoms with Crippen molar-refractivity contribution in [2.75, 3.05) is 44.2 Å². The van der Waals surface area contributed by atoms with E-state index in [1.54, 1.807) is 28.8 Å². The molecule has 1 aromatic carbocycles. The summed E-state index contributed by atoms with van der Waals surface area (Å²) in [4.78, 5) is 21.2. The first-order valence-corrected chi connectivity index (χ1v) is 11.1. The van der Waals surface area contributed by atoms with Crippen LogP contribution in [0, 0.1) is 5.92 Å². The minimum absolute atomic E-state index is 0.0747. The summed E-state index contributed by atoms with van der Waals surface area (Å²) in [6, 6.07) is 13.2. The number of nitrogens with zero attached hydrogens (tertiary/aromatic N) is 4. The molecule has 1 unspecified atom stereocenters. The average molecular weight is 415 g/mol. The van der Waals surface area contributed by atoms with Gasteiger partial charge in [-0.3, -0.25) is 9.78 Å². The minimum atomic E-state index is -1.53. The van der Waals surface area contributed by atoms with E-state index in [9.17, 15) is 9.00 Å². The van der Waals surface area contributed by atoms with E-state index in [0.29, 0.717) is 31.9 Å². The zero-order valence-electron chi connectivity index (χ0n) is 16.4. The number of rotatable bonds is 5. The molecule has 2 saturated heterocycles. The number of carbonyl (C=O) groups is 1. The maximum absolute atomic E-state index is 12.9. The van der Waals surface area contributed by atoms with Crippen LogP contribution in [0.3, 0.4) is 0 Å². The van der Waals surface area contributed by atoms with Crippen molar-refractivity contribution in [3.05, 3.63) is 54.9 Å². The van der Waals surface area contributed by atoms with Crippen molar-refractivity contribution in [3.63, 3.8) is 0 Å². The van der Waals surface area contributed by atoms with Gasteiger partial charge in [0.2, 0.25) is 5.91 Å². The van der Waals surface area contributed by atoms with Gasteiger partial charge in [0.25, 0.3) is 11.3 Å². The number of aromatic nitrogens is 1. The van der Waals surface area contributed by atoms with E-state index in [1.807, 2.05) is 35.2 Å². The fraction of sp³-hybridized carbons (Fsp3) is 0.429. The predicted molar refractivity (Wildman–Crippen MR) is 113 cm³/mol. The molecule has 0 bridgehead atoms. The van der Waals surface area contributed by atoms with Crippen LogP contribution in [-0.2, 0) is 16.1 Å². The minimum Gasteiger partial charge on any atom is -0.389 e. The van der Waals surface area contributed by atoms with Crippen molar-refractivity contribution >= 4 is 22.9 Å². The van der Waals surface area contributed by atoms with E-state index in [2.05, 4.69) is 9.88 Å². The van der Waals surface area contributed by atoms with Crippen LogP contribution in [0.15, 0.2) is 54.9 Å². The van der Waals surface area contributed by atoms with E-state index in [-0.39, 0.29) is 11.8 Å². The zero-order valence-corrected chi connectivity index (χ0v) is 17.2. The first-order valence-electron chi connectivity index (χ1n) is 10.0. The summed E-state index contributed by atoms with van der Waals surface area (Å²) in [5, 5.41) is 0. The van der Waals surface area contributed by atoms with Crippen LogP contribution < -0.4 is 9.08 Å². The number of hydrogen-bond donors (Lipinski definition) is 0. The van der Waals surface area contributed by atoms with Gasteiger partial charge < -0.3 is 14.0 Å². The summed E-state index contributed by atoms with van der Waals surface area (Å²) in [5.74, 6) is 0.893. The Bertz CT molecular complexity index is 820. The number of amides is 1. The molecular formula is C21H26N4O3S. The monoisotopic (exact) mass is 414 g/mol. The van der Waals surface area contributed by atoms with E-state index < -0.39 is 11.3 Å². The molecule has 0 saturated carbocycles. The molecule has 8 heteroatoms. The van der Waals surface area contributed by atoms with Crippen molar-refractivity contribution in [2.45, 2.75) is 12.8 Å². The Balaban J connectivity index is 1.24. The number of benzene rings is 1. The second-order valence-electron chi connectivity index (χ2n) is 7.33. The Morgan fingerprint density at radius 1 is 0.931 bits per heavy atom. The van der Waals surface area contributed by atoms with Gasteiger partial charge in [0.15, 0.2) is 0 Å². The molecule has 2 aliphatic heterocycles. The Morgan fingerprint density at radius 3 is 2.24 bits per heavy atom. The summed E-state index contributed by atoms with van der Waals surface area (Å²) < 4.78 is 19.7. The largest absolute Gasteiger partial charge is 0.389 e. The van der Waals surface area contributed by atoms with Gasteiger partial charge in [0.05, 0.1) is 0 Å². The lowest BCUT2D eigenvalue weighted by Crippen LogP contribution is -2.52. The van der Waals surface area contributed by atoms with E-state index >= 15 is 0 Å². The third-order valence-corrected chi connectivity index (χ3v) is 6.67. The summed E-state index contributed by atoms with van der Waals surface area (Å²) in [7, 11) is 0. The average Bonchev–Trinajstić information content (AvgIpc) is 2.80. The Kier molecular flexibility index (Phi) is 6.41. The molecule has 1 amide bonds. The van der Waals surface area contributed by atoms with Gasteiger partial charge >= 0.3 is 0 Å². The van der Waals surface area contributed by atoms with Gasteiger partial charge in [-0.25, -0.2) is 0 Å². The number of piperidine rings is 1. The summed E-state index contributed by atoms with van der Waals surface area (Å²) in [5.41, 5.74) is 1.17. The van der Waals surface area contributed by atoms with Gasteiger partial charge in [-0.1, -0.05) is 18.2 Å². The normalized spacial score (nSPS) is 19.7. The van der Waals surface area contributed by atoms with Gasteiger partial charge in [-0.2, -0.15) is 8.51 Å². The fourth-order valence-electron chi connectivity index (χ4n) is 3.87. The van der Waals surface area contributed by atoms with Crippen LogP contribution in [0.1, 0.15) is 12.8 Å². The highest BCUT2D eigenvalue weighted by atomic mass is 32.2. The highest BCUT2D eigenvalue weighted by Gasteiger charge is 2.32. The molecular weight excluding hydrogens is 388 g/mol. The number of hydrogen-bond acceptors (Lipinski definition) is 5. The standard InChI is InChI=1S/C21H26N4O3S/c26-21(18-8-12-23(13-9-18)19-6-10-22-11-7-19)24-14-16-25(17-15-24)29(27)28-20-4-2-1-3-5-20/h1-7,10-11,18H,8-9,12-17H2. The van der Waals surface area contributed by atoms with Crippen LogP contribution in [0.4, 0.5) is 5.69 Å². The molecule has 0 spiro atoms. The maximum Gasteiger partial charge on any atom is 0.290 e. The lowest BCUT2D eigenvalue weighted by atomic mass is 9.94.